The molecule has 0 saturated heterocycles. The molecule has 0 radical (unpaired) electrons. The van der Waals surface area contributed by atoms with Gasteiger partial charge in [-0.1, -0.05) is 12.1 Å². The van der Waals surface area contributed by atoms with Crippen LogP contribution in [0.1, 0.15) is 5.56 Å². The zero-order valence-electron chi connectivity index (χ0n) is 10.6. The maximum absolute atomic E-state index is 5.71. The predicted octanol–water partition coefficient (Wildman–Crippen LogP) is 1.97. The summed E-state index contributed by atoms with van der Waals surface area (Å²) in [6.45, 7) is 0.680. The largest absolute Gasteiger partial charge is 0.497 e. The summed E-state index contributed by atoms with van der Waals surface area (Å²) in [6, 6.07) is 8.55. The molecule has 0 aromatic heterocycles. The van der Waals surface area contributed by atoms with E-state index in [2.05, 4.69) is 31.1 Å². The molecule has 5 heteroatoms. The number of ether oxygens (including phenoxy) is 1. The zero-order chi connectivity index (χ0) is 11.3. The van der Waals surface area contributed by atoms with Crippen LogP contribution in [0.3, 0.4) is 0 Å². The van der Waals surface area contributed by atoms with Crippen molar-refractivity contribution < 1.29 is 4.74 Å². The van der Waals surface area contributed by atoms with Crippen LogP contribution in [0.25, 0.3) is 0 Å². The number of hydrogen-bond acceptors (Lipinski definition) is 3. The number of benzene rings is 1. The van der Waals surface area contributed by atoms with E-state index in [1.54, 1.807) is 7.11 Å². The smallest absolute Gasteiger partial charge is 0.118 e. The molecular weight excluding hydrogens is 259 g/mol. The first kappa shape index (κ1) is 18.9. The lowest BCUT2D eigenvalue weighted by atomic mass is 10.1. The van der Waals surface area contributed by atoms with Crippen molar-refractivity contribution >= 4 is 24.8 Å². The number of likely N-dealkylation sites (N-methyl/N-ethyl adjacent to an activating group) is 1. The van der Waals surface area contributed by atoms with Crippen LogP contribution >= 0.6 is 24.8 Å². The summed E-state index contributed by atoms with van der Waals surface area (Å²) in [7, 11) is 5.79. The average molecular weight is 281 g/mol. The first-order chi connectivity index (χ1) is 7.17. The van der Waals surface area contributed by atoms with Crippen LogP contribution in [-0.4, -0.2) is 38.7 Å². The highest BCUT2D eigenvalue weighted by Crippen LogP contribution is 2.13. The third-order valence-corrected chi connectivity index (χ3v) is 2.63. The Bertz CT molecular complexity index is 291. The fraction of sp³-hybridized carbons (Fsp3) is 0.500. The van der Waals surface area contributed by atoms with Crippen LogP contribution in [0.15, 0.2) is 24.3 Å². The summed E-state index contributed by atoms with van der Waals surface area (Å²) < 4.78 is 5.11. The highest BCUT2D eigenvalue weighted by atomic mass is 35.5. The molecule has 1 aromatic rings. The van der Waals surface area contributed by atoms with Gasteiger partial charge in [-0.25, -0.2) is 0 Å². The van der Waals surface area contributed by atoms with E-state index in [1.165, 1.54) is 5.56 Å². The summed E-state index contributed by atoms with van der Waals surface area (Å²) >= 11 is 0. The van der Waals surface area contributed by atoms with Crippen molar-refractivity contribution in [2.24, 2.45) is 5.73 Å². The highest BCUT2D eigenvalue weighted by molar-refractivity contribution is 5.85. The Morgan fingerprint density at radius 3 is 2.06 bits per heavy atom. The number of nitrogens with two attached hydrogens (primary N) is 1. The Hall–Kier alpha value is -0.480. The Morgan fingerprint density at radius 1 is 1.18 bits per heavy atom. The van der Waals surface area contributed by atoms with Crippen molar-refractivity contribution in [3.8, 4) is 5.75 Å². The van der Waals surface area contributed by atoms with Crippen LogP contribution in [0.4, 0.5) is 0 Å². The lowest BCUT2D eigenvalue weighted by molar-refractivity contribution is 0.298. The Kier molecular flexibility index (Phi) is 10.6. The van der Waals surface area contributed by atoms with E-state index in [-0.39, 0.29) is 24.8 Å². The van der Waals surface area contributed by atoms with Crippen LogP contribution in [-0.2, 0) is 6.42 Å². The summed E-state index contributed by atoms with van der Waals surface area (Å²) in [4.78, 5) is 2.16. The minimum absolute atomic E-state index is 0. The molecule has 0 unspecified atom stereocenters. The second-order valence-corrected chi connectivity index (χ2v) is 3.91. The molecule has 0 amide bonds. The molecule has 3 nitrogen and oxygen atoms in total. The van der Waals surface area contributed by atoms with Gasteiger partial charge in [0.2, 0.25) is 0 Å². The molecule has 0 bridgehead atoms. The minimum Gasteiger partial charge on any atom is -0.497 e. The lowest BCUT2D eigenvalue weighted by Gasteiger charge is -2.22. The van der Waals surface area contributed by atoms with Gasteiger partial charge >= 0.3 is 0 Å². The van der Waals surface area contributed by atoms with E-state index in [0.29, 0.717) is 12.6 Å². The Balaban J connectivity index is 0. The van der Waals surface area contributed by atoms with Crippen molar-refractivity contribution in [1.29, 1.82) is 0 Å². The molecule has 0 saturated carbocycles. The average Bonchev–Trinajstić information content (AvgIpc) is 2.26. The molecular formula is C12H22Cl2N2O. The van der Waals surface area contributed by atoms with Crippen molar-refractivity contribution in [1.82, 2.24) is 4.90 Å². The summed E-state index contributed by atoms with van der Waals surface area (Å²) in [5.74, 6) is 0.896. The van der Waals surface area contributed by atoms with Crippen molar-refractivity contribution in [2.75, 3.05) is 27.7 Å². The fourth-order valence-electron chi connectivity index (χ4n) is 1.51. The van der Waals surface area contributed by atoms with E-state index < -0.39 is 0 Å². The van der Waals surface area contributed by atoms with E-state index in [1.807, 2.05) is 12.1 Å². The van der Waals surface area contributed by atoms with E-state index >= 15 is 0 Å². The predicted molar refractivity (Wildman–Crippen MR) is 77.7 cm³/mol. The van der Waals surface area contributed by atoms with Gasteiger partial charge in [0.15, 0.2) is 0 Å². The summed E-state index contributed by atoms with van der Waals surface area (Å²) in [5, 5.41) is 0. The molecule has 1 rings (SSSR count). The van der Waals surface area contributed by atoms with Crippen LogP contribution < -0.4 is 10.5 Å². The Labute approximate surface area is 116 Å². The fourth-order valence-corrected chi connectivity index (χ4v) is 1.51. The normalized spacial score (nSPS) is 11.4. The second-order valence-electron chi connectivity index (χ2n) is 3.91. The number of rotatable bonds is 5. The van der Waals surface area contributed by atoms with E-state index in [0.717, 1.165) is 12.2 Å². The SMILES string of the molecule is COc1ccc(C[C@@H](CN)N(C)C)cc1.Cl.Cl. The number of nitrogens with zero attached hydrogens (tertiary/aromatic N) is 1. The van der Waals surface area contributed by atoms with Gasteiger partial charge in [0.05, 0.1) is 7.11 Å². The molecule has 1 atom stereocenters. The monoisotopic (exact) mass is 280 g/mol. The van der Waals surface area contributed by atoms with Gasteiger partial charge in [0, 0.05) is 12.6 Å². The maximum Gasteiger partial charge on any atom is 0.118 e. The van der Waals surface area contributed by atoms with E-state index in [9.17, 15) is 0 Å². The zero-order valence-corrected chi connectivity index (χ0v) is 12.2. The third kappa shape index (κ3) is 6.13. The quantitative estimate of drug-likeness (QED) is 0.896. The highest BCUT2D eigenvalue weighted by Gasteiger charge is 2.09. The summed E-state index contributed by atoms with van der Waals surface area (Å²) in [6.07, 6.45) is 0.980. The van der Waals surface area contributed by atoms with Gasteiger partial charge in [-0.05, 0) is 38.2 Å². The molecule has 0 spiro atoms. The first-order valence-corrected chi connectivity index (χ1v) is 5.16. The van der Waals surface area contributed by atoms with Gasteiger partial charge in [-0.2, -0.15) is 0 Å². The van der Waals surface area contributed by atoms with E-state index in [4.69, 9.17) is 10.5 Å². The Morgan fingerprint density at radius 2 is 1.71 bits per heavy atom. The molecule has 0 fully saturated rings. The molecule has 0 aliphatic rings. The van der Waals surface area contributed by atoms with Crippen molar-refractivity contribution in [3.63, 3.8) is 0 Å². The van der Waals surface area contributed by atoms with Crippen LogP contribution in [0, 0.1) is 0 Å². The number of halogens is 2. The number of hydrogen-bond donors (Lipinski definition) is 1. The molecule has 100 valence electrons. The van der Waals surface area contributed by atoms with Crippen LogP contribution in [0.5, 0.6) is 5.75 Å². The maximum atomic E-state index is 5.71. The molecule has 0 heterocycles. The topological polar surface area (TPSA) is 38.5 Å². The second kappa shape index (κ2) is 9.54. The molecule has 0 aliphatic heterocycles. The number of methoxy groups -OCH3 is 1. The lowest BCUT2D eigenvalue weighted by Crippen LogP contribution is -2.36. The third-order valence-electron chi connectivity index (χ3n) is 2.63. The standard InChI is InChI=1S/C12H20N2O.2ClH/c1-14(2)11(9-13)8-10-4-6-12(15-3)7-5-10;;/h4-7,11H,8-9,13H2,1-3H3;2*1H/t11-;;/m0../s1. The van der Waals surface area contributed by atoms with Crippen molar-refractivity contribution in [2.45, 2.75) is 12.5 Å². The molecule has 17 heavy (non-hydrogen) atoms. The van der Waals surface area contributed by atoms with Gasteiger partial charge in [-0.3, -0.25) is 0 Å². The molecule has 1 aromatic carbocycles. The summed E-state index contributed by atoms with van der Waals surface area (Å²) in [5.41, 5.74) is 7.00. The first-order valence-electron chi connectivity index (χ1n) is 5.16. The minimum atomic E-state index is 0. The van der Waals surface area contributed by atoms with Gasteiger partial charge < -0.3 is 15.4 Å². The van der Waals surface area contributed by atoms with Crippen molar-refractivity contribution in [3.05, 3.63) is 29.8 Å². The van der Waals surface area contributed by atoms with Gasteiger partial charge in [0.1, 0.15) is 5.75 Å². The van der Waals surface area contributed by atoms with Crippen LogP contribution in [0.2, 0.25) is 0 Å². The molecule has 2 N–H and O–H groups in total. The van der Waals surface area contributed by atoms with Gasteiger partial charge in [-0.15, -0.1) is 24.8 Å². The molecule has 0 aliphatic carbocycles. The van der Waals surface area contributed by atoms with Gasteiger partial charge in [0.25, 0.3) is 0 Å².